The molecule has 0 fully saturated rings. The summed E-state index contributed by atoms with van der Waals surface area (Å²) in [4.78, 5) is 0. The van der Waals surface area contributed by atoms with Crippen LogP contribution in [0.15, 0.2) is 24.3 Å². The van der Waals surface area contributed by atoms with Gasteiger partial charge in [-0.2, -0.15) is 13.2 Å². The van der Waals surface area contributed by atoms with E-state index in [-0.39, 0.29) is 5.69 Å². The first-order valence-electron chi connectivity index (χ1n) is 4.32. The molecule has 1 rings (SSSR count). The van der Waals surface area contributed by atoms with Crippen molar-refractivity contribution in [1.82, 2.24) is 0 Å². The Kier molecular flexibility index (Phi) is 3.47. The summed E-state index contributed by atoms with van der Waals surface area (Å²) >= 11 is 0. The lowest BCUT2D eigenvalue weighted by atomic mass is 10.2. The maximum Gasteiger partial charge on any atom is 0.404 e. The van der Waals surface area contributed by atoms with Gasteiger partial charge in [-0.3, -0.25) is 4.72 Å². The van der Waals surface area contributed by atoms with Gasteiger partial charge in [-0.1, -0.05) is 18.2 Å². The number of hydrogen-bond donors (Lipinski definition) is 1. The number of benzene rings is 1. The first-order valence-corrected chi connectivity index (χ1v) is 5.98. The number of para-hydroxylation sites is 1. The molecule has 0 aromatic heterocycles. The molecule has 0 amide bonds. The fourth-order valence-corrected chi connectivity index (χ4v) is 2.17. The van der Waals surface area contributed by atoms with Crippen LogP contribution in [-0.2, 0) is 10.0 Å². The van der Waals surface area contributed by atoms with E-state index in [1.54, 1.807) is 25.1 Å². The van der Waals surface area contributed by atoms with E-state index in [0.29, 0.717) is 5.56 Å². The van der Waals surface area contributed by atoms with Crippen molar-refractivity contribution < 1.29 is 21.6 Å². The van der Waals surface area contributed by atoms with Gasteiger partial charge in [0.25, 0.3) is 0 Å². The molecule has 0 saturated carbocycles. The van der Waals surface area contributed by atoms with Gasteiger partial charge >= 0.3 is 6.18 Å². The van der Waals surface area contributed by atoms with Crippen LogP contribution in [0.25, 0.3) is 0 Å². The van der Waals surface area contributed by atoms with Gasteiger partial charge in [0, 0.05) is 0 Å². The summed E-state index contributed by atoms with van der Waals surface area (Å²) in [5.74, 6) is -1.88. The molecule has 0 bridgehead atoms. The topological polar surface area (TPSA) is 46.2 Å². The van der Waals surface area contributed by atoms with Gasteiger partial charge in [0.2, 0.25) is 10.0 Å². The maximum atomic E-state index is 11.9. The van der Waals surface area contributed by atoms with Gasteiger partial charge in [0.1, 0.15) is 0 Å². The smallest absolute Gasteiger partial charge is 0.283 e. The van der Waals surface area contributed by atoms with Crippen molar-refractivity contribution in [1.29, 1.82) is 0 Å². The molecular formula is C9H10F3NO2S. The standard InChI is InChI=1S/C9H10F3NO2S/c1-7-4-2-3-5-8(7)13-16(14,15)6-9(10,11)12/h2-5,13H,6H2,1H3. The molecule has 7 heteroatoms. The van der Waals surface area contributed by atoms with E-state index in [4.69, 9.17) is 0 Å². The third kappa shape index (κ3) is 4.09. The SMILES string of the molecule is Cc1ccccc1NS(=O)(=O)CC(F)(F)F. The van der Waals surface area contributed by atoms with Gasteiger partial charge in [0.05, 0.1) is 5.69 Å². The van der Waals surface area contributed by atoms with E-state index < -0.39 is 22.0 Å². The third-order valence-corrected chi connectivity index (χ3v) is 3.00. The largest absolute Gasteiger partial charge is 0.404 e. The minimum Gasteiger partial charge on any atom is -0.283 e. The Morgan fingerprint density at radius 2 is 1.81 bits per heavy atom. The molecule has 0 aliphatic carbocycles. The van der Waals surface area contributed by atoms with Crippen LogP contribution in [0.2, 0.25) is 0 Å². The lowest BCUT2D eigenvalue weighted by Crippen LogP contribution is -2.28. The number of rotatable bonds is 3. The van der Waals surface area contributed by atoms with Crippen molar-refractivity contribution >= 4 is 15.7 Å². The summed E-state index contributed by atoms with van der Waals surface area (Å²) in [7, 11) is -4.39. The number of halogens is 3. The second-order valence-electron chi connectivity index (χ2n) is 3.29. The second kappa shape index (κ2) is 4.32. The highest BCUT2D eigenvalue weighted by Crippen LogP contribution is 2.20. The van der Waals surface area contributed by atoms with Gasteiger partial charge in [-0.05, 0) is 18.6 Å². The second-order valence-corrected chi connectivity index (χ2v) is 5.01. The summed E-state index contributed by atoms with van der Waals surface area (Å²) in [5.41, 5.74) is 0.722. The minimum absolute atomic E-state index is 0.159. The number of anilines is 1. The molecule has 16 heavy (non-hydrogen) atoms. The zero-order chi connectivity index (χ0) is 12.4. The summed E-state index contributed by atoms with van der Waals surface area (Å²) in [5, 5.41) is 0. The van der Waals surface area contributed by atoms with Crippen LogP contribution >= 0.6 is 0 Å². The molecule has 1 N–H and O–H groups in total. The summed E-state index contributed by atoms with van der Waals surface area (Å²) in [6.07, 6.45) is -4.74. The van der Waals surface area contributed by atoms with Crippen LogP contribution in [0.1, 0.15) is 5.56 Å². The maximum absolute atomic E-state index is 11.9. The predicted molar refractivity (Wildman–Crippen MR) is 54.6 cm³/mol. The highest BCUT2D eigenvalue weighted by molar-refractivity contribution is 7.92. The van der Waals surface area contributed by atoms with Gasteiger partial charge in [-0.25, -0.2) is 8.42 Å². The first-order chi connectivity index (χ1) is 7.20. The van der Waals surface area contributed by atoms with E-state index in [1.807, 2.05) is 4.72 Å². The van der Waals surface area contributed by atoms with Crippen molar-refractivity contribution in [2.45, 2.75) is 13.1 Å². The lowest BCUT2D eigenvalue weighted by Gasteiger charge is -2.11. The number of sulfonamides is 1. The first kappa shape index (κ1) is 12.8. The molecule has 0 unspecified atom stereocenters. The number of nitrogens with one attached hydrogen (secondary N) is 1. The normalized spacial score (nSPS) is 12.5. The van der Waals surface area contributed by atoms with Crippen molar-refractivity contribution in [3.63, 3.8) is 0 Å². The van der Waals surface area contributed by atoms with E-state index >= 15 is 0 Å². The monoisotopic (exact) mass is 253 g/mol. The summed E-state index contributed by atoms with van der Waals surface area (Å²) < 4.78 is 60.0. The zero-order valence-electron chi connectivity index (χ0n) is 8.38. The quantitative estimate of drug-likeness (QED) is 0.898. The molecular weight excluding hydrogens is 243 g/mol. The molecule has 0 saturated heterocycles. The van der Waals surface area contributed by atoms with Crippen molar-refractivity contribution in [3.05, 3.63) is 29.8 Å². The van der Waals surface area contributed by atoms with Gasteiger partial charge in [-0.15, -0.1) is 0 Å². The van der Waals surface area contributed by atoms with E-state index in [2.05, 4.69) is 0 Å². The molecule has 90 valence electrons. The molecule has 0 aliphatic rings. The lowest BCUT2D eigenvalue weighted by molar-refractivity contribution is -0.106. The number of aryl methyl sites for hydroxylation is 1. The number of hydrogen-bond acceptors (Lipinski definition) is 2. The van der Waals surface area contributed by atoms with Gasteiger partial charge < -0.3 is 0 Å². The Labute approximate surface area is 91.3 Å². The number of alkyl halides is 3. The van der Waals surface area contributed by atoms with Crippen molar-refractivity contribution in [3.8, 4) is 0 Å². The molecule has 1 aromatic carbocycles. The molecule has 0 heterocycles. The van der Waals surface area contributed by atoms with E-state index in [9.17, 15) is 21.6 Å². The average molecular weight is 253 g/mol. The summed E-state index contributed by atoms with van der Waals surface area (Å²) in [6, 6.07) is 6.21. The Balaban J connectivity index is 2.86. The van der Waals surface area contributed by atoms with E-state index in [1.165, 1.54) is 6.07 Å². The Morgan fingerprint density at radius 1 is 1.25 bits per heavy atom. The molecule has 0 spiro atoms. The van der Waals surface area contributed by atoms with Crippen LogP contribution in [0.4, 0.5) is 18.9 Å². The van der Waals surface area contributed by atoms with Crippen LogP contribution in [0.3, 0.4) is 0 Å². The van der Waals surface area contributed by atoms with Crippen LogP contribution in [0, 0.1) is 6.92 Å². The highest BCUT2D eigenvalue weighted by atomic mass is 32.2. The molecule has 0 radical (unpaired) electrons. The molecule has 0 aliphatic heterocycles. The molecule has 1 aromatic rings. The van der Waals surface area contributed by atoms with Crippen molar-refractivity contribution in [2.75, 3.05) is 10.5 Å². The summed E-state index contributed by atoms with van der Waals surface area (Å²) in [6.45, 7) is 1.60. The fraction of sp³-hybridized carbons (Fsp3) is 0.333. The third-order valence-electron chi connectivity index (χ3n) is 1.76. The zero-order valence-corrected chi connectivity index (χ0v) is 9.19. The highest BCUT2D eigenvalue weighted by Gasteiger charge is 2.35. The Hall–Kier alpha value is -1.24. The average Bonchev–Trinajstić information content (AvgIpc) is 2.04. The van der Waals surface area contributed by atoms with Crippen LogP contribution in [-0.4, -0.2) is 20.3 Å². The van der Waals surface area contributed by atoms with Crippen molar-refractivity contribution in [2.24, 2.45) is 0 Å². The Morgan fingerprint density at radius 3 is 2.31 bits per heavy atom. The molecule has 0 atom stereocenters. The Bertz CT molecular complexity index is 468. The molecule has 3 nitrogen and oxygen atoms in total. The predicted octanol–water partition coefficient (Wildman–Crippen LogP) is 2.30. The van der Waals surface area contributed by atoms with Crippen LogP contribution < -0.4 is 4.72 Å². The van der Waals surface area contributed by atoms with E-state index in [0.717, 1.165) is 0 Å². The van der Waals surface area contributed by atoms with Crippen LogP contribution in [0.5, 0.6) is 0 Å². The van der Waals surface area contributed by atoms with Gasteiger partial charge in [0.15, 0.2) is 5.75 Å². The fourth-order valence-electron chi connectivity index (χ4n) is 1.11. The minimum atomic E-state index is -4.74.